The average Bonchev–Trinajstić information content (AvgIpc) is 3.15. The molecule has 1 aromatic rings. The largest absolute Gasteiger partial charge is 0.466 e. The van der Waals surface area contributed by atoms with Crippen LogP contribution in [0.2, 0.25) is 5.02 Å². The zero-order valence-electron chi connectivity index (χ0n) is 17.1. The molecule has 1 saturated heterocycles. The van der Waals surface area contributed by atoms with Crippen LogP contribution in [0.3, 0.4) is 0 Å². The molecule has 0 spiro atoms. The second kappa shape index (κ2) is 8.86. The number of thioether (sulfide) groups is 1. The second-order valence-electron chi connectivity index (χ2n) is 7.55. The molecule has 4 rings (SSSR count). The quantitative estimate of drug-likeness (QED) is 0.639. The van der Waals surface area contributed by atoms with Crippen LogP contribution in [0.5, 0.6) is 0 Å². The van der Waals surface area contributed by atoms with Gasteiger partial charge >= 0.3 is 5.97 Å². The Hall–Kier alpha value is -2.25. The predicted molar refractivity (Wildman–Crippen MR) is 119 cm³/mol. The maximum Gasteiger partial charge on any atom is 0.338 e. The highest BCUT2D eigenvalue weighted by Gasteiger charge is 2.41. The van der Waals surface area contributed by atoms with E-state index in [1.165, 1.54) is 25.3 Å². The Morgan fingerprint density at radius 3 is 2.57 bits per heavy atom. The lowest BCUT2D eigenvalue weighted by Gasteiger charge is -2.36. The van der Waals surface area contributed by atoms with Crippen LogP contribution in [0.1, 0.15) is 44.2 Å². The number of hydrogen-bond acceptors (Lipinski definition) is 6. The van der Waals surface area contributed by atoms with Gasteiger partial charge in [-0.2, -0.15) is 0 Å². The number of piperidine rings is 1. The molecule has 30 heavy (non-hydrogen) atoms. The summed E-state index contributed by atoms with van der Waals surface area (Å²) in [4.78, 5) is 34.2. The molecule has 3 aliphatic rings. The summed E-state index contributed by atoms with van der Waals surface area (Å²) in [5.74, 6) is -0.308. The van der Waals surface area contributed by atoms with Gasteiger partial charge in [-0.25, -0.2) is 9.79 Å². The van der Waals surface area contributed by atoms with Gasteiger partial charge in [0.1, 0.15) is 0 Å². The lowest BCUT2D eigenvalue weighted by Crippen LogP contribution is -2.40. The van der Waals surface area contributed by atoms with Gasteiger partial charge in [0, 0.05) is 23.8 Å². The molecule has 0 bridgehead atoms. The van der Waals surface area contributed by atoms with Gasteiger partial charge in [-0.3, -0.25) is 4.79 Å². The molecule has 158 valence electrons. The molecule has 3 heterocycles. The Kier molecular flexibility index (Phi) is 6.20. The van der Waals surface area contributed by atoms with E-state index in [4.69, 9.17) is 16.3 Å². The van der Waals surface area contributed by atoms with E-state index in [2.05, 4.69) is 4.99 Å². The predicted octanol–water partition coefficient (Wildman–Crippen LogP) is 4.49. The Morgan fingerprint density at radius 1 is 1.20 bits per heavy atom. The first kappa shape index (κ1) is 21.0. The highest BCUT2D eigenvalue weighted by Crippen LogP contribution is 2.45. The van der Waals surface area contributed by atoms with Crippen LogP contribution in [0.4, 0.5) is 0 Å². The number of halogens is 1. The Balaban J connectivity index is 1.68. The number of aliphatic imine (C=N–C) groups is 1. The summed E-state index contributed by atoms with van der Waals surface area (Å²) in [7, 11) is 1.37. The average molecular weight is 446 g/mol. The van der Waals surface area contributed by atoms with Gasteiger partial charge in [-0.05, 0) is 49.3 Å². The van der Waals surface area contributed by atoms with Crippen molar-refractivity contribution >= 4 is 40.4 Å². The molecule has 8 heteroatoms. The minimum atomic E-state index is -0.422. The van der Waals surface area contributed by atoms with E-state index in [1.807, 2.05) is 34.3 Å². The zero-order chi connectivity index (χ0) is 21.3. The molecule has 0 radical (unpaired) electrons. The highest BCUT2D eigenvalue weighted by atomic mass is 35.5. The SMILES string of the molecule is COC(=O)C1=C(C)N=C2SC=C(CC(=O)N3CCCCC3)N2C1c1ccc(Cl)cc1. The van der Waals surface area contributed by atoms with Crippen LogP contribution in [-0.4, -0.2) is 47.0 Å². The van der Waals surface area contributed by atoms with Crippen molar-refractivity contribution in [1.82, 2.24) is 9.80 Å². The van der Waals surface area contributed by atoms with Gasteiger partial charge in [0.15, 0.2) is 5.17 Å². The number of esters is 1. The molecule has 0 aromatic heterocycles. The van der Waals surface area contributed by atoms with Gasteiger partial charge in [0.2, 0.25) is 5.91 Å². The normalized spacial score (nSPS) is 21.2. The summed E-state index contributed by atoms with van der Waals surface area (Å²) in [5, 5.41) is 3.36. The third kappa shape index (κ3) is 4.01. The number of rotatable bonds is 4. The monoisotopic (exact) mass is 445 g/mol. The highest BCUT2D eigenvalue weighted by molar-refractivity contribution is 8.16. The number of likely N-dealkylation sites (tertiary alicyclic amines) is 1. The maximum absolute atomic E-state index is 12.9. The summed E-state index contributed by atoms with van der Waals surface area (Å²) in [6, 6.07) is 6.99. The summed E-state index contributed by atoms with van der Waals surface area (Å²) >= 11 is 7.57. The third-order valence-corrected chi connectivity index (χ3v) is 6.77. The summed E-state index contributed by atoms with van der Waals surface area (Å²) in [5.41, 5.74) is 2.84. The standard InChI is InChI=1S/C22H24ClN3O3S/c1-14-19(21(28)29-2)20(15-6-8-16(23)9-7-15)26-17(13-30-22(26)24-14)12-18(27)25-10-4-3-5-11-25/h6-9,13,20H,3-5,10-12H2,1-2H3. The number of amides is 1. The van der Waals surface area contributed by atoms with Crippen LogP contribution in [0.15, 0.2) is 51.6 Å². The van der Waals surface area contributed by atoms with E-state index in [1.54, 1.807) is 12.1 Å². The summed E-state index contributed by atoms with van der Waals surface area (Å²) in [6.07, 6.45) is 3.57. The lowest BCUT2D eigenvalue weighted by atomic mass is 9.94. The molecule has 1 unspecified atom stereocenters. The lowest BCUT2D eigenvalue weighted by molar-refractivity contribution is -0.136. The smallest absolute Gasteiger partial charge is 0.338 e. The topological polar surface area (TPSA) is 62.2 Å². The first-order chi connectivity index (χ1) is 14.5. The van der Waals surface area contributed by atoms with E-state index >= 15 is 0 Å². The van der Waals surface area contributed by atoms with Crippen molar-refractivity contribution in [2.24, 2.45) is 4.99 Å². The number of fused-ring (bicyclic) bond motifs is 1. The summed E-state index contributed by atoms with van der Waals surface area (Å²) < 4.78 is 5.08. The van der Waals surface area contributed by atoms with E-state index in [-0.39, 0.29) is 12.3 Å². The molecule has 1 fully saturated rings. The van der Waals surface area contributed by atoms with Gasteiger partial charge in [0.05, 0.1) is 30.8 Å². The van der Waals surface area contributed by atoms with Crippen molar-refractivity contribution in [2.75, 3.05) is 20.2 Å². The molecular formula is C22H24ClN3O3S. The maximum atomic E-state index is 12.9. The number of nitrogens with zero attached hydrogens (tertiary/aromatic N) is 3. The number of benzene rings is 1. The number of ether oxygens (including phenoxy) is 1. The van der Waals surface area contributed by atoms with Crippen molar-refractivity contribution in [3.05, 3.63) is 57.2 Å². The molecule has 0 aliphatic carbocycles. The number of carbonyl (C=O) groups excluding carboxylic acids is 2. The zero-order valence-corrected chi connectivity index (χ0v) is 18.6. The molecule has 0 saturated carbocycles. The first-order valence-electron chi connectivity index (χ1n) is 10.1. The van der Waals surface area contributed by atoms with Gasteiger partial charge in [-0.1, -0.05) is 35.5 Å². The number of amidine groups is 1. The van der Waals surface area contributed by atoms with E-state index in [0.717, 1.165) is 42.4 Å². The fourth-order valence-corrected chi connectivity index (χ4v) is 5.20. The van der Waals surface area contributed by atoms with Gasteiger partial charge < -0.3 is 14.5 Å². The number of methoxy groups -OCH3 is 1. The fraction of sp³-hybridized carbons (Fsp3) is 0.409. The fourth-order valence-electron chi connectivity index (χ4n) is 4.11. The summed E-state index contributed by atoms with van der Waals surface area (Å²) in [6.45, 7) is 3.44. The number of hydrogen-bond donors (Lipinski definition) is 0. The first-order valence-corrected chi connectivity index (χ1v) is 11.3. The van der Waals surface area contributed by atoms with Crippen LogP contribution in [0.25, 0.3) is 0 Å². The molecule has 1 amide bonds. The van der Waals surface area contributed by atoms with E-state index in [9.17, 15) is 9.59 Å². The van der Waals surface area contributed by atoms with Crippen molar-refractivity contribution in [2.45, 2.75) is 38.6 Å². The van der Waals surface area contributed by atoms with Crippen LogP contribution in [0, 0.1) is 0 Å². The Morgan fingerprint density at radius 2 is 1.90 bits per heavy atom. The van der Waals surface area contributed by atoms with Crippen molar-refractivity contribution in [1.29, 1.82) is 0 Å². The molecule has 3 aliphatic heterocycles. The second-order valence-corrected chi connectivity index (χ2v) is 8.83. The molecule has 0 N–H and O–H groups in total. The van der Waals surface area contributed by atoms with Crippen molar-refractivity contribution in [3.8, 4) is 0 Å². The minimum Gasteiger partial charge on any atom is -0.466 e. The Bertz CT molecular complexity index is 949. The minimum absolute atomic E-state index is 0.114. The van der Waals surface area contributed by atoms with E-state index in [0.29, 0.717) is 16.3 Å². The molecule has 6 nitrogen and oxygen atoms in total. The molecular weight excluding hydrogens is 422 g/mol. The third-order valence-electron chi connectivity index (χ3n) is 5.63. The molecule has 1 atom stereocenters. The molecule has 1 aromatic carbocycles. The van der Waals surface area contributed by atoms with Crippen molar-refractivity contribution in [3.63, 3.8) is 0 Å². The van der Waals surface area contributed by atoms with Crippen molar-refractivity contribution < 1.29 is 14.3 Å². The van der Waals surface area contributed by atoms with E-state index < -0.39 is 12.0 Å². The van der Waals surface area contributed by atoms with Crippen LogP contribution >= 0.6 is 23.4 Å². The number of carbonyl (C=O) groups is 2. The van der Waals surface area contributed by atoms with Crippen LogP contribution in [-0.2, 0) is 14.3 Å². The van der Waals surface area contributed by atoms with Gasteiger partial charge in [0.25, 0.3) is 0 Å². The van der Waals surface area contributed by atoms with Gasteiger partial charge in [-0.15, -0.1) is 0 Å². The Labute approximate surface area is 185 Å². The van der Waals surface area contributed by atoms with Crippen LogP contribution < -0.4 is 0 Å². The number of allylic oxidation sites excluding steroid dienone is 1.